The van der Waals surface area contributed by atoms with Gasteiger partial charge in [-0.3, -0.25) is 0 Å². The molecule has 1 heterocycles. The van der Waals surface area contributed by atoms with E-state index in [9.17, 15) is 14.7 Å². The summed E-state index contributed by atoms with van der Waals surface area (Å²) in [5, 5.41) is 12.0. The first-order chi connectivity index (χ1) is 9.42. The van der Waals surface area contributed by atoms with Gasteiger partial charge in [0.15, 0.2) is 0 Å². The lowest BCUT2D eigenvalue weighted by Gasteiger charge is -2.30. The van der Waals surface area contributed by atoms with Crippen LogP contribution in [-0.4, -0.2) is 40.6 Å². The fourth-order valence-corrected chi connectivity index (χ4v) is 2.81. The molecule has 1 aliphatic rings. The largest absolute Gasteiger partial charge is 0.480 e. The summed E-state index contributed by atoms with van der Waals surface area (Å²) in [6.07, 6.45) is 5.50. The normalized spacial score (nSPS) is 22.8. The molecule has 0 aromatic carbocycles. The molecule has 5 heteroatoms. The molecular formula is C15H28N2O3. The lowest BCUT2D eigenvalue weighted by atomic mass is 9.96. The van der Waals surface area contributed by atoms with Crippen molar-refractivity contribution in [3.8, 4) is 0 Å². The fraction of sp³-hybridized carbons (Fsp3) is 0.867. The number of hydrogen-bond donors (Lipinski definition) is 2. The summed E-state index contributed by atoms with van der Waals surface area (Å²) in [7, 11) is 0. The van der Waals surface area contributed by atoms with Gasteiger partial charge in [0, 0.05) is 13.1 Å². The molecule has 0 aliphatic carbocycles. The lowest BCUT2D eigenvalue weighted by molar-refractivity contribution is -0.144. The average Bonchev–Trinajstić information content (AvgIpc) is 2.63. The molecule has 2 N–H and O–H groups in total. The molecule has 0 aromatic rings. The summed E-state index contributed by atoms with van der Waals surface area (Å²) in [5.41, 5.74) is -1.16. The molecule has 116 valence electrons. The molecule has 1 fully saturated rings. The first kappa shape index (κ1) is 16.8. The number of amides is 2. The van der Waals surface area contributed by atoms with E-state index in [1.807, 2.05) is 6.92 Å². The number of likely N-dealkylation sites (tertiary alicyclic amines) is 1. The highest BCUT2D eigenvalue weighted by atomic mass is 16.4. The third kappa shape index (κ3) is 4.39. The van der Waals surface area contributed by atoms with Crippen molar-refractivity contribution in [2.45, 2.75) is 64.8 Å². The minimum absolute atomic E-state index is 0.236. The maximum Gasteiger partial charge on any atom is 0.329 e. The summed E-state index contributed by atoms with van der Waals surface area (Å²) in [5.74, 6) is -0.275. The number of carboxylic acid groups (broad SMARTS) is 1. The molecule has 0 radical (unpaired) electrons. The molecular weight excluding hydrogens is 256 g/mol. The van der Waals surface area contributed by atoms with Crippen molar-refractivity contribution in [3.63, 3.8) is 0 Å². The van der Waals surface area contributed by atoms with Crippen LogP contribution in [0.25, 0.3) is 0 Å². The van der Waals surface area contributed by atoms with Crippen molar-refractivity contribution in [2.75, 3.05) is 13.1 Å². The standard InChI is InChI=1S/C15H28N2O3/c1-4-9-15(3,13(18)19)16-14(20)17-10-6-7-12(5-2)8-11-17/h12H,4-11H2,1-3H3,(H,16,20)(H,18,19). The van der Waals surface area contributed by atoms with Gasteiger partial charge in [-0.25, -0.2) is 9.59 Å². The van der Waals surface area contributed by atoms with Gasteiger partial charge in [-0.2, -0.15) is 0 Å². The summed E-state index contributed by atoms with van der Waals surface area (Å²) in [6, 6.07) is -0.236. The van der Waals surface area contributed by atoms with E-state index >= 15 is 0 Å². The van der Waals surface area contributed by atoms with Crippen LogP contribution in [-0.2, 0) is 4.79 Å². The summed E-state index contributed by atoms with van der Waals surface area (Å²) < 4.78 is 0. The molecule has 2 unspecified atom stereocenters. The Morgan fingerprint density at radius 1 is 1.30 bits per heavy atom. The second kappa shape index (κ2) is 7.50. The molecule has 0 saturated carbocycles. The van der Waals surface area contributed by atoms with Gasteiger partial charge in [0.25, 0.3) is 0 Å². The van der Waals surface area contributed by atoms with E-state index in [2.05, 4.69) is 12.2 Å². The van der Waals surface area contributed by atoms with Crippen LogP contribution < -0.4 is 5.32 Å². The monoisotopic (exact) mass is 284 g/mol. The Morgan fingerprint density at radius 2 is 2.00 bits per heavy atom. The minimum atomic E-state index is -1.16. The Balaban J connectivity index is 2.62. The van der Waals surface area contributed by atoms with Gasteiger partial charge in [0.05, 0.1) is 0 Å². The Kier molecular flexibility index (Phi) is 6.30. The van der Waals surface area contributed by atoms with Gasteiger partial charge < -0.3 is 15.3 Å². The van der Waals surface area contributed by atoms with E-state index in [1.54, 1.807) is 11.8 Å². The third-order valence-corrected chi connectivity index (χ3v) is 4.32. The van der Waals surface area contributed by atoms with Crippen LogP contribution in [0.2, 0.25) is 0 Å². The van der Waals surface area contributed by atoms with Crippen molar-refractivity contribution in [2.24, 2.45) is 5.92 Å². The Hall–Kier alpha value is -1.26. The molecule has 2 amide bonds. The first-order valence-corrected chi connectivity index (χ1v) is 7.73. The quantitative estimate of drug-likeness (QED) is 0.815. The third-order valence-electron chi connectivity index (χ3n) is 4.32. The smallest absolute Gasteiger partial charge is 0.329 e. The average molecular weight is 284 g/mol. The Bertz CT molecular complexity index is 346. The summed E-state index contributed by atoms with van der Waals surface area (Å²) in [6.45, 7) is 7.15. The zero-order valence-corrected chi connectivity index (χ0v) is 12.9. The van der Waals surface area contributed by atoms with Crippen molar-refractivity contribution in [1.29, 1.82) is 0 Å². The van der Waals surface area contributed by atoms with Crippen LogP contribution >= 0.6 is 0 Å². The molecule has 0 bridgehead atoms. The Morgan fingerprint density at radius 3 is 2.55 bits per heavy atom. The van der Waals surface area contributed by atoms with Gasteiger partial charge in [0.1, 0.15) is 5.54 Å². The van der Waals surface area contributed by atoms with Gasteiger partial charge in [-0.15, -0.1) is 0 Å². The van der Waals surface area contributed by atoms with Crippen LogP contribution in [0.15, 0.2) is 0 Å². The van der Waals surface area contributed by atoms with Crippen molar-refractivity contribution < 1.29 is 14.7 Å². The van der Waals surface area contributed by atoms with E-state index in [4.69, 9.17) is 0 Å². The second-order valence-corrected chi connectivity index (χ2v) is 6.01. The number of nitrogens with zero attached hydrogens (tertiary/aromatic N) is 1. The second-order valence-electron chi connectivity index (χ2n) is 6.01. The molecule has 1 saturated heterocycles. The van der Waals surface area contributed by atoms with Gasteiger partial charge in [-0.05, 0) is 38.5 Å². The van der Waals surface area contributed by atoms with E-state index in [0.717, 1.165) is 45.2 Å². The fourth-order valence-electron chi connectivity index (χ4n) is 2.81. The molecule has 20 heavy (non-hydrogen) atoms. The predicted molar refractivity (Wildman–Crippen MR) is 78.7 cm³/mol. The first-order valence-electron chi connectivity index (χ1n) is 7.73. The number of aliphatic carboxylic acids is 1. The van der Waals surface area contributed by atoms with Crippen molar-refractivity contribution in [3.05, 3.63) is 0 Å². The van der Waals surface area contributed by atoms with Gasteiger partial charge in [0.2, 0.25) is 0 Å². The van der Waals surface area contributed by atoms with Crippen LogP contribution in [0.3, 0.4) is 0 Å². The number of carboxylic acids is 1. The van der Waals surface area contributed by atoms with Crippen LogP contribution in [0.1, 0.15) is 59.3 Å². The number of nitrogens with one attached hydrogen (secondary N) is 1. The van der Waals surface area contributed by atoms with Crippen LogP contribution in [0.4, 0.5) is 4.79 Å². The molecule has 0 spiro atoms. The van der Waals surface area contributed by atoms with Crippen molar-refractivity contribution in [1.82, 2.24) is 10.2 Å². The zero-order chi connectivity index (χ0) is 15.2. The maximum absolute atomic E-state index is 12.3. The minimum Gasteiger partial charge on any atom is -0.480 e. The molecule has 0 aromatic heterocycles. The highest BCUT2D eigenvalue weighted by Gasteiger charge is 2.35. The Labute approximate surface area is 121 Å². The van der Waals surface area contributed by atoms with E-state index in [-0.39, 0.29) is 6.03 Å². The molecule has 1 aliphatic heterocycles. The predicted octanol–water partition coefficient (Wildman–Crippen LogP) is 2.85. The topological polar surface area (TPSA) is 69.6 Å². The number of carbonyl (C=O) groups is 2. The number of hydrogen-bond acceptors (Lipinski definition) is 2. The molecule has 5 nitrogen and oxygen atoms in total. The highest BCUT2D eigenvalue weighted by Crippen LogP contribution is 2.21. The van der Waals surface area contributed by atoms with Crippen LogP contribution in [0.5, 0.6) is 0 Å². The number of carbonyl (C=O) groups excluding carboxylic acids is 1. The van der Waals surface area contributed by atoms with E-state index in [1.165, 1.54) is 0 Å². The van der Waals surface area contributed by atoms with Crippen molar-refractivity contribution >= 4 is 12.0 Å². The SMILES string of the molecule is CCCC(C)(NC(=O)N1CCCC(CC)CC1)C(=O)O. The van der Waals surface area contributed by atoms with E-state index < -0.39 is 11.5 Å². The number of urea groups is 1. The molecule has 2 atom stereocenters. The summed E-state index contributed by atoms with van der Waals surface area (Å²) >= 11 is 0. The van der Waals surface area contributed by atoms with E-state index in [0.29, 0.717) is 12.3 Å². The maximum atomic E-state index is 12.3. The highest BCUT2D eigenvalue weighted by molar-refractivity contribution is 5.85. The van der Waals surface area contributed by atoms with Gasteiger partial charge >= 0.3 is 12.0 Å². The molecule has 1 rings (SSSR count). The zero-order valence-electron chi connectivity index (χ0n) is 12.9. The van der Waals surface area contributed by atoms with Gasteiger partial charge in [-0.1, -0.05) is 26.7 Å². The van der Waals surface area contributed by atoms with Crippen LogP contribution in [0, 0.1) is 5.92 Å². The lowest BCUT2D eigenvalue weighted by Crippen LogP contribution is -2.56. The summed E-state index contributed by atoms with van der Waals surface area (Å²) in [4.78, 5) is 25.4. The number of rotatable bonds is 5.